The number of hydrogen-bond acceptors (Lipinski definition) is 4. The number of imidazole rings is 1. The van der Waals surface area contributed by atoms with Crippen molar-refractivity contribution in [2.24, 2.45) is 9.98 Å². The number of carbonyl (C=O) groups excluding carboxylic acids is 1. The summed E-state index contributed by atoms with van der Waals surface area (Å²) in [7, 11) is 0. The van der Waals surface area contributed by atoms with Gasteiger partial charge in [-0.05, 0) is 55.6 Å². The Morgan fingerprint density at radius 3 is 2.65 bits per heavy atom. The highest BCUT2D eigenvalue weighted by Crippen LogP contribution is 2.29. The van der Waals surface area contributed by atoms with Gasteiger partial charge >= 0.3 is 5.57 Å². The highest BCUT2D eigenvalue weighted by molar-refractivity contribution is 6.20. The number of nitrogens with zero attached hydrogens (tertiary/aromatic N) is 4. The van der Waals surface area contributed by atoms with Crippen LogP contribution in [-0.2, 0) is 6.54 Å². The summed E-state index contributed by atoms with van der Waals surface area (Å²) < 4.78 is 57.1. The van der Waals surface area contributed by atoms with Crippen molar-refractivity contribution in [2.75, 3.05) is 5.32 Å². The SMILES string of the molecule is C=NC=N/C=C(\C)c1cc(C(=O)Nc2ccc(OC(F)(F)Cl)cc2)cc2ncn(CC(F)F)c12. The molecule has 0 atom stereocenters. The number of nitrogens with one attached hydrogen (secondary N) is 1. The van der Waals surface area contributed by atoms with E-state index in [0.29, 0.717) is 27.9 Å². The molecule has 0 aliphatic carbocycles. The van der Waals surface area contributed by atoms with Gasteiger partial charge in [0.1, 0.15) is 12.1 Å². The van der Waals surface area contributed by atoms with Gasteiger partial charge in [-0.1, -0.05) is 0 Å². The highest BCUT2D eigenvalue weighted by Gasteiger charge is 2.27. The summed E-state index contributed by atoms with van der Waals surface area (Å²) in [5.74, 6) is -0.728. The largest absolute Gasteiger partial charge is 0.487 e. The van der Waals surface area contributed by atoms with Crippen LogP contribution in [0.25, 0.3) is 16.6 Å². The average Bonchev–Trinajstić information content (AvgIpc) is 3.15. The second-order valence-electron chi connectivity index (χ2n) is 6.97. The van der Waals surface area contributed by atoms with Crippen molar-refractivity contribution in [3.63, 3.8) is 0 Å². The second kappa shape index (κ2) is 10.5. The van der Waals surface area contributed by atoms with E-state index in [4.69, 9.17) is 11.6 Å². The Morgan fingerprint density at radius 1 is 1.32 bits per heavy atom. The van der Waals surface area contributed by atoms with Gasteiger partial charge in [0.05, 0.1) is 23.9 Å². The Labute approximate surface area is 196 Å². The van der Waals surface area contributed by atoms with Gasteiger partial charge in [-0.3, -0.25) is 9.79 Å². The van der Waals surface area contributed by atoms with Crippen LogP contribution >= 0.6 is 11.6 Å². The molecule has 12 heteroatoms. The van der Waals surface area contributed by atoms with Gasteiger partial charge in [0.15, 0.2) is 0 Å². The minimum Gasteiger partial charge on any atom is -0.420 e. The minimum absolute atomic E-state index is 0.191. The van der Waals surface area contributed by atoms with Crippen LogP contribution in [-0.4, -0.2) is 40.5 Å². The number of anilines is 1. The first-order valence-electron chi connectivity index (χ1n) is 9.66. The van der Waals surface area contributed by atoms with Gasteiger partial charge in [-0.25, -0.2) is 18.8 Å². The summed E-state index contributed by atoms with van der Waals surface area (Å²) in [6.07, 6.45) is 1.33. The number of fused-ring (bicyclic) bond motifs is 1. The van der Waals surface area contributed by atoms with Crippen LogP contribution in [0, 0.1) is 0 Å². The molecule has 34 heavy (non-hydrogen) atoms. The number of carbonyl (C=O) groups is 1. The standard InChI is InChI=1S/C22H18ClF4N5O2/c1-13(9-29-11-28-2)17-7-14(8-18-20(17)32(12-30-18)10-19(24)25)21(33)31-15-3-5-16(6-4-15)34-22(23,26)27/h3-9,11-12,19H,2,10H2,1H3,(H,31,33)/b13-9+,29-11?. The van der Waals surface area contributed by atoms with Crippen molar-refractivity contribution < 1.29 is 27.1 Å². The Morgan fingerprint density at radius 2 is 2.03 bits per heavy atom. The maximum absolute atomic E-state index is 13.0. The summed E-state index contributed by atoms with van der Waals surface area (Å²) in [6, 6.07) is 8.12. The molecule has 1 aromatic heterocycles. The maximum Gasteiger partial charge on any atom is 0.487 e. The quantitative estimate of drug-likeness (QED) is 0.176. The van der Waals surface area contributed by atoms with Gasteiger partial charge < -0.3 is 14.6 Å². The molecule has 0 radical (unpaired) electrons. The summed E-state index contributed by atoms with van der Waals surface area (Å²) in [5, 5.41) is 2.63. The van der Waals surface area contributed by atoms with Crippen LogP contribution in [0.1, 0.15) is 22.8 Å². The summed E-state index contributed by atoms with van der Waals surface area (Å²) in [5.41, 5.74) is -1.59. The van der Waals surface area contributed by atoms with Crippen LogP contribution in [0.3, 0.4) is 0 Å². The Hall–Kier alpha value is -3.73. The molecule has 0 saturated heterocycles. The molecule has 0 saturated carbocycles. The molecule has 3 aromatic rings. The lowest BCUT2D eigenvalue weighted by Crippen LogP contribution is -2.16. The summed E-state index contributed by atoms with van der Waals surface area (Å²) >= 11 is 4.73. The topological polar surface area (TPSA) is 80.9 Å². The summed E-state index contributed by atoms with van der Waals surface area (Å²) in [4.78, 5) is 24.5. The fourth-order valence-electron chi connectivity index (χ4n) is 3.13. The molecule has 0 spiro atoms. The third kappa shape index (κ3) is 6.41. The molecule has 0 unspecified atom stereocenters. The zero-order valence-electron chi connectivity index (χ0n) is 17.7. The molecule has 0 aliphatic heterocycles. The van der Waals surface area contributed by atoms with Gasteiger partial charge in [0.25, 0.3) is 12.3 Å². The van der Waals surface area contributed by atoms with Gasteiger partial charge in [0, 0.05) is 34.6 Å². The van der Waals surface area contributed by atoms with E-state index in [9.17, 15) is 22.4 Å². The first-order chi connectivity index (χ1) is 16.1. The Bertz CT molecular complexity index is 1250. The number of halogens is 5. The van der Waals surface area contributed by atoms with E-state index in [1.54, 1.807) is 6.92 Å². The van der Waals surface area contributed by atoms with E-state index in [0.717, 1.165) is 0 Å². The van der Waals surface area contributed by atoms with Crippen molar-refractivity contribution in [2.45, 2.75) is 25.5 Å². The number of aromatic nitrogens is 2. The normalized spacial score (nSPS) is 12.5. The molecule has 2 aromatic carbocycles. The van der Waals surface area contributed by atoms with E-state index in [1.165, 1.54) is 59.8 Å². The monoisotopic (exact) mass is 495 g/mol. The van der Waals surface area contributed by atoms with E-state index in [1.807, 2.05) is 0 Å². The predicted octanol–water partition coefficient (Wildman–Crippen LogP) is 5.81. The summed E-state index contributed by atoms with van der Waals surface area (Å²) in [6.45, 7) is 4.41. The molecule has 7 nitrogen and oxygen atoms in total. The van der Waals surface area contributed by atoms with Crippen LogP contribution in [0.15, 0.2) is 58.9 Å². The van der Waals surface area contributed by atoms with E-state index in [2.05, 4.69) is 31.7 Å². The molecule has 178 valence electrons. The molecule has 0 aliphatic rings. The average molecular weight is 496 g/mol. The number of aliphatic imine (C=N–C) groups is 2. The number of hydrogen-bond donors (Lipinski definition) is 1. The van der Waals surface area contributed by atoms with Crippen LogP contribution in [0.4, 0.5) is 23.2 Å². The van der Waals surface area contributed by atoms with Crippen molar-refractivity contribution in [1.29, 1.82) is 0 Å². The van der Waals surface area contributed by atoms with Crippen LogP contribution in [0.5, 0.6) is 5.75 Å². The smallest absolute Gasteiger partial charge is 0.420 e. The fourth-order valence-corrected chi connectivity index (χ4v) is 3.22. The van der Waals surface area contributed by atoms with E-state index < -0.39 is 24.4 Å². The van der Waals surface area contributed by atoms with Crippen LogP contribution < -0.4 is 10.1 Å². The third-order valence-corrected chi connectivity index (χ3v) is 4.57. The Balaban J connectivity index is 1.95. The zero-order valence-corrected chi connectivity index (χ0v) is 18.4. The van der Waals surface area contributed by atoms with E-state index in [-0.39, 0.29) is 11.3 Å². The van der Waals surface area contributed by atoms with Gasteiger partial charge in [-0.2, -0.15) is 0 Å². The third-order valence-electron chi connectivity index (χ3n) is 4.50. The second-order valence-corrected chi connectivity index (χ2v) is 7.41. The molecular formula is C22H18ClF4N5O2. The lowest BCUT2D eigenvalue weighted by Gasteiger charge is -2.13. The van der Waals surface area contributed by atoms with Crippen molar-refractivity contribution in [1.82, 2.24) is 9.55 Å². The zero-order chi connectivity index (χ0) is 24.9. The lowest BCUT2D eigenvalue weighted by molar-refractivity contribution is -0.0964. The predicted molar refractivity (Wildman–Crippen MR) is 123 cm³/mol. The molecule has 0 fully saturated rings. The number of benzene rings is 2. The van der Waals surface area contributed by atoms with Crippen LogP contribution in [0.2, 0.25) is 0 Å². The van der Waals surface area contributed by atoms with Gasteiger partial charge in [0.2, 0.25) is 0 Å². The maximum atomic E-state index is 13.0. The van der Waals surface area contributed by atoms with Crippen molar-refractivity contribution >= 4 is 52.9 Å². The number of alkyl halides is 5. The minimum atomic E-state index is -3.86. The molecule has 1 amide bonds. The first kappa shape index (κ1) is 24.9. The van der Waals surface area contributed by atoms with Gasteiger partial charge in [-0.15, -0.1) is 8.78 Å². The number of allylic oxidation sites excluding steroid dienone is 1. The van der Waals surface area contributed by atoms with Crippen molar-refractivity contribution in [3.8, 4) is 5.75 Å². The molecule has 1 N–H and O–H groups in total. The fraction of sp³-hybridized carbons (Fsp3) is 0.182. The first-order valence-corrected chi connectivity index (χ1v) is 10.0. The highest BCUT2D eigenvalue weighted by atomic mass is 35.5. The number of rotatable bonds is 9. The number of ether oxygens (including phenoxy) is 1. The molecule has 3 rings (SSSR count). The number of amides is 1. The Kier molecular flexibility index (Phi) is 7.67. The lowest BCUT2D eigenvalue weighted by atomic mass is 10.0. The molecule has 1 heterocycles. The van der Waals surface area contributed by atoms with Crippen molar-refractivity contribution in [3.05, 3.63) is 60.1 Å². The van der Waals surface area contributed by atoms with E-state index >= 15 is 0 Å². The molecular weight excluding hydrogens is 478 g/mol. The molecule has 0 bridgehead atoms.